The number of aliphatic carboxylic acids is 1. The van der Waals surface area contributed by atoms with E-state index in [0.717, 1.165) is 37.7 Å². The number of carbonyl (C=O) groups excluding carboxylic acids is 7. The van der Waals surface area contributed by atoms with E-state index in [-0.39, 0.29) is 44.3 Å². The molecule has 7 amide bonds. The Morgan fingerprint density at radius 1 is 0.737 bits per heavy atom. The van der Waals surface area contributed by atoms with Gasteiger partial charge >= 0.3 is 12.1 Å². The Morgan fingerprint density at radius 2 is 1.30 bits per heavy atom. The van der Waals surface area contributed by atoms with Crippen LogP contribution in [0, 0.1) is 5.92 Å². The van der Waals surface area contributed by atoms with Gasteiger partial charge in [-0.3, -0.25) is 38.6 Å². The summed E-state index contributed by atoms with van der Waals surface area (Å²) in [7, 11) is 0. The van der Waals surface area contributed by atoms with Crippen molar-refractivity contribution < 1.29 is 48.2 Å². The molecule has 0 saturated heterocycles. The molecule has 1 fully saturated rings. The SMILES string of the molecule is CCOC(=O)N[C@@H](CCCCN=C(N)N)C(=O)N[C@@H](CCC(=O)O)C(=O)N[C@@H](CC(N)=O)C(=O)N[C@@H](CC1CCCCC1)C(=O)N[C@@H](Cc1ccccc1)C(N)=O. The summed E-state index contributed by atoms with van der Waals surface area (Å²) < 4.78 is 4.90. The summed E-state index contributed by atoms with van der Waals surface area (Å²) in [6.45, 7) is 1.80. The van der Waals surface area contributed by atoms with E-state index in [1.807, 2.05) is 0 Å². The Labute approximate surface area is 331 Å². The van der Waals surface area contributed by atoms with Crippen LogP contribution in [0.5, 0.6) is 0 Å². The van der Waals surface area contributed by atoms with Crippen LogP contribution in [0.1, 0.15) is 89.5 Å². The van der Waals surface area contributed by atoms with Crippen molar-refractivity contribution in [3.05, 3.63) is 35.9 Å². The lowest BCUT2D eigenvalue weighted by atomic mass is 9.84. The number of hydrogen-bond donors (Lipinski definition) is 10. The second kappa shape index (κ2) is 25.3. The van der Waals surface area contributed by atoms with Gasteiger partial charge in [-0.1, -0.05) is 62.4 Å². The van der Waals surface area contributed by atoms with Gasteiger partial charge in [-0.2, -0.15) is 0 Å². The normalized spacial score (nSPS) is 15.2. The van der Waals surface area contributed by atoms with Gasteiger partial charge in [-0.25, -0.2) is 4.79 Å². The molecular formula is C37H58N10O10. The monoisotopic (exact) mass is 802 g/mol. The molecule has 0 radical (unpaired) electrons. The van der Waals surface area contributed by atoms with Crippen molar-refractivity contribution in [3.63, 3.8) is 0 Å². The van der Waals surface area contributed by atoms with Gasteiger partial charge in [0.2, 0.25) is 35.4 Å². The number of hydrogen-bond acceptors (Lipinski definition) is 10. The molecule has 0 unspecified atom stereocenters. The summed E-state index contributed by atoms with van der Waals surface area (Å²) >= 11 is 0. The Morgan fingerprint density at radius 3 is 1.88 bits per heavy atom. The molecule has 0 bridgehead atoms. The highest BCUT2D eigenvalue weighted by atomic mass is 16.5. The molecule has 20 nitrogen and oxygen atoms in total. The largest absolute Gasteiger partial charge is 0.481 e. The average Bonchev–Trinajstić information content (AvgIpc) is 3.15. The van der Waals surface area contributed by atoms with Crippen molar-refractivity contribution in [2.75, 3.05) is 13.2 Å². The van der Waals surface area contributed by atoms with E-state index in [1.54, 1.807) is 37.3 Å². The number of primary amides is 2. The Hall–Kier alpha value is -5.95. The first-order chi connectivity index (χ1) is 27.1. The van der Waals surface area contributed by atoms with Crippen LogP contribution >= 0.6 is 0 Å². The lowest BCUT2D eigenvalue weighted by Crippen LogP contribution is -2.60. The Bertz CT molecular complexity index is 1550. The Balaban J connectivity index is 2.31. The molecule has 20 heteroatoms. The highest BCUT2D eigenvalue weighted by Crippen LogP contribution is 2.27. The third-order valence-electron chi connectivity index (χ3n) is 9.27. The van der Waals surface area contributed by atoms with Crippen molar-refractivity contribution in [1.82, 2.24) is 26.6 Å². The maximum absolute atomic E-state index is 13.8. The fourth-order valence-corrected chi connectivity index (χ4v) is 6.35. The number of carboxylic acids is 1. The van der Waals surface area contributed by atoms with Gasteiger partial charge in [-0.15, -0.1) is 0 Å². The molecule has 0 heterocycles. The van der Waals surface area contributed by atoms with E-state index < -0.39 is 97.0 Å². The third-order valence-corrected chi connectivity index (χ3v) is 9.27. The molecule has 316 valence electrons. The van der Waals surface area contributed by atoms with E-state index in [2.05, 4.69) is 31.6 Å². The number of guanidine groups is 1. The molecular weight excluding hydrogens is 744 g/mol. The molecule has 57 heavy (non-hydrogen) atoms. The zero-order chi connectivity index (χ0) is 42.3. The standard InChI is InChI=1S/C37H58N10O10/c1-2-57-37(56)47-24(15-9-10-18-42-36(40)41)32(52)43-25(16-17-30(49)50)33(53)46-28(21-29(38)48)35(55)45-27(20-23-13-7-4-8-14-23)34(54)44-26(31(39)51)19-22-11-5-3-6-12-22/h3,5-6,11-12,23-28H,2,4,7-10,13-21H2,1H3,(H2,38,48)(H2,39,51)(H,43,52)(H,44,54)(H,45,55)(H,46,53)(H,47,56)(H,49,50)(H4,40,41,42)/t24-,25-,26-,27-,28-/m0/s1. The molecule has 1 aromatic carbocycles. The van der Waals surface area contributed by atoms with Gasteiger partial charge in [0.1, 0.15) is 30.2 Å². The van der Waals surface area contributed by atoms with Crippen LogP contribution in [0.2, 0.25) is 0 Å². The van der Waals surface area contributed by atoms with E-state index >= 15 is 0 Å². The number of rotatable bonds is 25. The fraction of sp³-hybridized carbons (Fsp3) is 0.595. The molecule has 0 aromatic heterocycles. The van der Waals surface area contributed by atoms with E-state index in [4.69, 9.17) is 27.7 Å². The summed E-state index contributed by atoms with van der Waals surface area (Å²) in [4.78, 5) is 107. The van der Waals surface area contributed by atoms with Crippen molar-refractivity contribution >= 4 is 53.5 Å². The van der Waals surface area contributed by atoms with Crippen LogP contribution in [-0.4, -0.2) is 102 Å². The maximum Gasteiger partial charge on any atom is 0.407 e. The van der Waals surface area contributed by atoms with E-state index in [0.29, 0.717) is 12.8 Å². The number of amides is 7. The van der Waals surface area contributed by atoms with Crippen molar-refractivity contribution in [2.45, 2.75) is 121 Å². The van der Waals surface area contributed by atoms with Gasteiger partial charge in [0.05, 0.1) is 13.0 Å². The number of benzene rings is 1. The number of alkyl carbamates (subject to hydrolysis) is 1. The summed E-state index contributed by atoms with van der Waals surface area (Å²) in [6.07, 6.45) is 2.85. The quantitative estimate of drug-likeness (QED) is 0.0321. The number of nitrogens with zero attached hydrogens (tertiary/aromatic N) is 1. The van der Waals surface area contributed by atoms with Crippen molar-refractivity contribution in [3.8, 4) is 0 Å². The van der Waals surface area contributed by atoms with Crippen LogP contribution in [0.25, 0.3) is 0 Å². The molecule has 2 rings (SSSR count). The molecule has 5 atom stereocenters. The molecule has 1 aliphatic carbocycles. The van der Waals surface area contributed by atoms with Gasteiger partial charge < -0.3 is 59.4 Å². The highest BCUT2D eigenvalue weighted by Gasteiger charge is 2.34. The highest BCUT2D eigenvalue weighted by molar-refractivity contribution is 5.97. The molecule has 1 aromatic rings. The number of nitrogens with two attached hydrogens (primary N) is 4. The number of ether oxygens (including phenoxy) is 1. The van der Waals surface area contributed by atoms with Crippen molar-refractivity contribution in [1.29, 1.82) is 0 Å². The first-order valence-electron chi connectivity index (χ1n) is 19.1. The molecule has 0 spiro atoms. The minimum atomic E-state index is -1.67. The number of nitrogens with one attached hydrogen (secondary N) is 5. The number of carbonyl (C=O) groups is 8. The summed E-state index contributed by atoms with van der Waals surface area (Å²) in [5.41, 5.74) is 22.5. The predicted molar refractivity (Wildman–Crippen MR) is 207 cm³/mol. The fourth-order valence-electron chi connectivity index (χ4n) is 6.35. The summed E-state index contributed by atoms with van der Waals surface area (Å²) in [5, 5.41) is 21.9. The zero-order valence-electron chi connectivity index (χ0n) is 32.3. The second-order valence-electron chi connectivity index (χ2n) is 13.9. The number of aliphatic imine (C=N–C) groups is 1. The first kappa shape index (κ1) is 47.2. The third kappa shape index (κ3) is 19.0. The lowest BCUT2D eigenvalue weighted by molar-refractivity contribution is -0.138. The van der Waals surface area contributed by atoms with Gasteiger partial charge in [0.25, 0.3) is 0 Å². The predicted octanol–water partition coefficient (Wildman–Crippen LogP) is -1.08. The first-order valence-corrected chi connectivity index (χ1v) is 19.1. The lowest BCUT2D eigenvalue weighted by Gasteiger charge is -2.29. The van der Waals surface area contributed by atoms with Crippen LogP contribution < -0.4 is 49.5 Å². The second-order valence-corrected chi connectivity index (χ2v) is 13.9. The van der Waals surface area contributed by atoms with Crippen LogP contribution in [0.3, 0.4) is 0 Å². The minimum Gasteiger partial charge on any atom is -0.481 e. The van der Waals surface area contributed by atoms with Gasteiger partial charge in [-0.05, 0) is 50.5 Å². The van der Waals surface area contributed by atoms with E-state index in [1.165, 1.54) is 0 Å². The molecule has 0 aliphatic heterocycles. The minimum absolute atomic E-state index is 0.000206. The maximum atomic E-state index is 13.8. The summed E-state index contributed by atoms with van der Waals surface area (Å²) in [6, 6.07) is 2.05. The summed E-state index contributed by atoms with van der Waals surface area (Å²) in [5.74, 6) is -6.76. The zero-order valence-corrected chi connectivity index (χ0v) is 32.3. The smallest absolute Gasteiger partial charge is 0.407 e. The van der Waals surface area contributed by atoms with E-state index in [9.17, 15) is 43.5 Å². The average molecular weight is 803 g/mol. The van der Waals surface area contributed by atoms with Crippen LogP contribution in [0.4, 0.5) is 4.79 Å². The van der Waals surface area contributed by atoms with Gasteiger partial charge in [0, 0.05) is 19.4 Å². The number of unbranched alkanes of at least 4 members (excludes halogenated alkanes) is 1. The van der Waals surface area contributed by atoms with Gasteiger partial charge in [0.15, 0.2) is 5.96 Å². The molecule has 1 aliphatic rings. The number of carboxylic acid groups (broad SMARTS) is 1. The molecule has 1 saturated carbocycles. The van der Waals surface area contributed by atoms with Crippen LogP contribution in [-0.2, 0) is 44.7 Å². The van der Waals surface area contributed by atoms with Crippen LogP contribution in [0.15, 0.2) is 35.3 Å². The topological polar surface area (TPSA) is 343 Å². The Kier molecular flexibility index (Phi) is 20.9. The molecule has 14 N–H and O–H groups in total. The van der Waals surface area contributed by atoms with Crippen molar-refractivity contribution in [2.24, 2.45) is 33.8 Å².